The fourth-order valence-corrected chi connectivity index (χ4v) is 2.87. The molecule has 0 spiro atoms. The number of hydrogen-bond acceptors (Lipinski definition) is 4. The molecule has 0 saturated carbocycles. The first-order valence-electron chi connectivity index (χ1n) is 7.31. The maximum absolute atomic E-state index is 11.2. The van der Waals surface area contributed by atoms with Crippen LogP contribution in [-0.4, -0.2) is 38.0 Å². The van der Waals surface area contributed by atoms with Crippen molar-refractivity contribution in [3.8, 4) is 0 Å². The zero-order valence-corrected chi connectivity index (χ0v) is 13.3. The fraction of sp³-hybridized carbons (Fsp3) is 0.667. The summed E-state index contributed by atoms with van der Waals surface area (Å²) in [5.41, 5.74) is 1.24. The number of rotatable bonds is 10. The van der Waals surface area contributed by atoms with Crippen LogP contribution in [0.4, 0.5) is 0 Å². The van der Waals surface area contributed by atoms with E-state index in [1.54, 1.807) is 6.20 Å². The Morgan fingerprint density at radius 2 is 2.15 bits per heavy atom. The average molecular weight is 298 g/mol. The van der Waals surface area contributed by atoms with Gasteiger partial charge in [0.05, 0.1) is 0 Å². The fourth-order valence-electron chi connectivity index (χ4n) is 2.18. The van der Waals surface area contributed by atoms with Crippen LogP contribution < -0.4 is 5.32 Å². The van der Waals surface area contributed by atoms with Crippen LogP contribution in [0.25, 0.3) is 0 Å². The SMILES string of the molecule is CCCNC(CCCS(C)(=O)=O)CCc1cccnc1. The summed E-state index contributed by atoms with van der Waals surface area (Å²) in [5.74, 6) is 0.282. The highest BCUT2D eigenvalue weighted by molar-refractivity contribution is 7.90. The smallest absolute Gasteiger partial charge is 0.147 e. The minimum absolute atomic E-state index is 0.282. The van der Waals surface area contributed by atoms with Crippen molar-refractivity contribution in [3.05, 3.63) is 30.1 Å². The highest BCUT2D eigenvalue weighted by atomic mass is 32.2. The molecule has 1 heterocycles. The summed E-state index contributed by atoms with van der Waals surface area (Å²) in [6, 6.07) is 4.42. The monoisotopic (exact) mass is 298 g/mol. The van der Waals surface area contributed by atoms with Gasteiger partial charge >= 0.3 is 0 Å². The minimum Gasteiger partial charge on any atom is -0.314 e. The normalized spacial score (nSPS) is 13.3. The molecule has 0 aliphatic rings. The molecular weight excluding hydrogens is 272 g/mol. The summed E-state index contributed by atoms with van der Waals surface area (Å²) >= 11 is 0. The van der Waals surface area contributed by atoms with E-state index in [-0.39, 0.29) is 5.75 Å². The molecule has 0 radical (unpaired) electrons. The highest BCUT2D eigenvalue weighted by Gasteiger charge is 2.10. The number of aryl methyl sites for hydroxylation is 1. The molecule has 0 saturated heterocycles. The standard InChI is InChI=1S/C15H26N2O2S/c1-3-10-17-15(7-5-12-20(2,18)19)9-8-14-6-4-11-16-13-14/h4,6,11,13,15,17H,3,5,7-10,12H2,1-2H3. The molecule has 1 atom stereocenters. The number of nitrogens with one attached hydrogen (secondary N) is 1. The van der Waals surface area contributed by atoms with Gasteiger partial charge in [-0.25, -0.2) is 8.42 Å². The Bertz CT molecular complexity index is 460. The maximum atomic E-state index is 11.2. The van der Waals surface area contributed by atoms with E-state index in [9.17, 15) is 8.42 Å². The summed E-state index contributed by atoms with van der Waals surface area (Å²) in [5, 5.41) is 3.51. The Morgan fingerprint density at radius 3 is 2.75 bits per heavy atom. The van der Waals surface area contributed by atoms with E-state index in [1.807, 2.05) is 12.3 Å². The van der Waals surface area contributed by atoms with Crippen molar-refractivity contribution in [2.24, 2.45) is 0 Å². The second kappa shape index (κ2) is 9.08. The van der Waals surface area contributed by atoms with Gasteiger partial charge in [-0.1, -0.05) is 13.0 Å². The van der Waals surface area contributed by atoms with E-state index in [1.165, 1.54) is 11.8 Å². The number of aromatic nitrogens is 1. The zero-order valence-electron chi connectivity index (χ0n) is 12.5. The van der Waals surface area contributed by atoms with Crippen molar-refractivity contribution in [2.45, 2.75) is 45.1 Å². The Balaban J connectivity index is 2.39. The van der Waals surface area contributed by atoms with Crippen molar-refractivity contribution >= 4 is 9.84 Å². The predicted octanol–water partition coefficient (Wildman–Crippen LogP) is 2.21. The van der Waals surface area contributed by atoms with E-state index < -0.39 is 9.84 Å². The second-order valence-corrected chi connectivity index (χ2v) is 7.58. The Morgan fingerprint density at radius 1 is 1.35 bits per heavy atom. The second-order valence-electron chi connectivity index (χ2n) is 5.32. The third-order valence-electron chi connectivity index (χ3n) is 3.25. The van der Waals surface area contributed by atoms with Gasteiger partial charge < -0.3 is 5.32 Å². The maximum Gasteiger partial charge on any atom is 0.147 e. The molecule has 20 heavy (non-hydrogen) atoms. The number of hydrogen-bond donors (Lipinski definition) is 1. The Labute approximate surface area is 122 Å². The lowest BCUT2D eigenvalue weighted by Crippen LogP contribution is -2.30. The largest absolute Gasteiger partial charge is 0.314 e. The van der Waals surface area contributed by atoms with Crippen LogP contribution in [0.15, 0.2) is 24.5 Å². The number of pyridine rings is 1. The average Bonchev–Trinajstić information content (AvgIpc) is 2.41. The van der Waals surface area contributed by atoms with E-state index in [4.69, 9.17) is 0 Å². The molecule has 4 nitrogen and oxygen atoms in total. The third-order valence-corrected chi connectivity index (χ3v) is 4.29. The van der Waals surface area contributed by atoms with Crippen LogP contribution in [0, 0.1) is 0 Å². The molecule has 0 amide bonds. The first-order valence-corrected chi connectivity index (χ1v) is 9.37. The predicted molar refractivity (Wildman–Crippen MR) is 83.6 cm³/mol. The lowest BCUT2D eigenvalue weighted by molar-refractivity contribution is 0.448. The van der Waals surface area contributed by atoms with Crippen molar-refractivity contribution in [1.29, 1.82) is 0 Å². The molecule has 5 heteroatoms. The lowest BCUT2D eigenvalue weighted by atomic mass is 10.0. The van der Waals surface area contributed by atoms with E-state index in [0.717, 1.165) is 38.6 Å². The molecule has 1 unspecified atom stereocenters. The van der Waals surface area contributed by atoms with Crippen LogP contribution in [-0.2, 0) is 16.3 Å². The Kier molecular flexibility index (Phi) is 7.77. The van der Waals surface area contributed by atoms with Gasteiger partial charge in [-0.05, 0) is 50.3 Å². The van der Waals surface area contributed by atoms with Crippen LogP contribution in [0.2, 0.25) is 0 Å². The lowest BCUT2D eigenvalue weighted by Gasteiger charge is -2.18. The van der Waals surface area contributed by atoms with Gasteiger partial charge in [-0.2, -0.15) is 0 Å². The van der Waals surface area contributed by atoms with E-state index in [0.29, 0.717) is 6.04 Å². The summed E-state index contributed by atoms with van der Waals surface area (Å²) < 4.78 is 22.4. The molecular formula is C15H26N2O2S. The molecule has 1 rings (SSSR count). The third kappa shape index (κ3) is 8.27. The molecule has 1 N–H and O–H groups in total. The van der Waals surface area contributed by atoms with Gasteiger partial charge in [-0.3, -0.25) is 4.98 Å². The number of nitrogens with zero attached hydrogens (tertiary/aromatic N) is 1. The molecule has 1 aromatic rings. The van der Waals surface area contributed by atoms with Crippen LogP contribution in [0.3, 0.4) is 0 Å². The van der Waals surface area contributed by atoms with Crippen LogP contribution >= 0.6 is 0 Å². The van der Waals surface area contributed by atoms with Gasteiger partial charge in [0.15, 0.2) is 0 Å². The van der Waals surface area contributed by atoms with Gasteiger partial charge in [0.2, 0.25) is 0 Å². The molecule has 0 aliphatic heterocycles. The summed E-state index contributed by atoms with van der Waals surface area (Å²) in [4.78, 5) is 4.12. The van der Waals surface area contributed by atoms with E-state index in [2.05, 4.69) is 23.3 Å². The van der Waals surface area contributed by atoms with Crippen molar-refractivity contribution in [3.63, 3.8) is 0 Å². The van der Waals surface area contributed by atoms with Gasteiger partial charge in [0.1, 0.15) is 9.84 Å². The van der Waals surface area contributed by atoms with Crippen molar-refractivity contribution < 1.29 is 8.42 Å². The van der Waals surface area contributed by atoms with Crippen LogP contribution in [0.1, 0.15) is 38.2 Å². The molecule has 1 aromatic heterocycles. The minimum atomic E-state index is -2.85. The first kappa shape index (κ1) is 17.1. The van der Waals surface area contributed by atoms with Gasteiger partial charge in [-0.15, -0.1) is 0 Å². The number of sulfone groups is 1. The van der Waals surface area contributed by atoms with Gasteiger partial charge in [0, 0.05) is 30.4 Å². The molecule has 0 aromatic carbocycles. The quantitative estimate of drug-likeness (QED) is 0.719. The topological polar surface area (TPSA) is 59.1 Å². The van der Waals surface area contributed by atoms with E-state index >= 15 is 0 Å². The molecule has 114 valence electrons. The Hall–Kier alpha value is -0.940. The summed E-state index contributed by atoms with van der Waals surface area (Å²) in [6.07, 6.45) is 9.71. The first-order chi connectivity index (χ1) is 9.51. The van der Waals surface area contributed by atoms with Crippen molar-refractivity contribution in [2.75, 3.05) is 18.6 Å². The van der Waals surface area contributed by atoms with Gasteiger partial charge in [0.25, 0.3) is 0 Å². The van der Waals surface area contributed by atoms with Crippen LogP contribution in [0.5, 0.6) is 0 Å². The zero-order chi connectivity index (χ0) is 14.8. The summed E-state index contributed by atoms with van der Waals surface area (Å²) in [6.45, 7) is 3.12. The molecule has 0 fully saturated rings. The van der Waals surface area contributed by atoms with Crippen molar-refractivity contribution in [1.82, 2.24) is 10.3 Å². The summed E-state index contributed by atoms with van der Waals surface area (Å²) in [7, 11) is -2.85. The molecule has 0 bridgehead atoms. The highest BCUT2D eigenvalue weighted by Crippen LogP contribution is 2.09. The molecule has 0 aliphatic carbocycles.